The van der Waals surface area contributed by atoms with Crippen LogP contribution in [0.15, 0.2) is 87.6 Å². The van der Waals surface area contributed by atoms with Gasteiger partial charge in [-0.05, 0) is 68.1 Å². The second-order valence-corrected chi connectivity index (χ2v) is 11.7. The molecule has 7 nitrogen and oxygen atoms in total. The number of aryl methyl sites for hydroxylation is 2. The summed E-state index contributed by atoms with van der Waals surface area (Å²) in [5.74, 6) is 1.97. The van der Waals surface area contributed by atoms with Crippen LogP contribution in [0.3, 0.4) is 0 Å². The quantitative estimate of drug-likeness (QED) is 0.188. The van der Waals surface area contributed by atoms with Gasteiger partial charge in [-0.25, -0.2) is 4.68 Å². The topological polar surface area (TPSA) is 81.1 Å². The first-order chi connectivity index (χ1) is 19.4. The molecule has 0 bridgehead atoms. The minimum absolute atomic E-state index is 0.210. The molecule has 2 N–H and O–H groups in total. The van der Waals surface area contributed by atoms with Gasteiger partial charge < -0.3 is 15.4 Å². The van der Waals surface area contributed by atoms with Gasteiger partial charge in [-0.3, -0.25) is 4.79 Å². The zero-order valence-electron chi connectivity index (χ0n) is 23.0. The summed E-state index contributed by atoms with van der Waals surface area (Å²) in [6.07, 6.45) is 1.01. The smallest absolute Gasteiger partial charge is 0.255 e. The van der Waals surface area contributed by atoms with Gasteiger partial charge in [0.05, 0.1) is 5.57 Å². The third-order valence-electron chi connectivity index (χ3n) is 6.82. The fourth-order valence-electron chi connectivity index (χ4n) is 4.66. The Morgan fingerprint density at radius 2 is 1.82 bits per heavy atom. The van der Waals surface area contributed by atoms with E-state index < -0.39 is 6.04 Å². The Labute approximate surface area is 247 Å². The molecule has 9 heteroatoms. The number of carbonyl (C=O) groups excluding carboxylic acids is 1. The maximum Gasteiger partial charge on any atom is 0.255 e. The van der Waals surface area contributed by atoms with E-state index in [1.165, 1.54) is 0 Å². The molecular formula is C31H32BrN5O2S. The van der Waals surface area contributed by atoms with E-state index in [1.54, 1.807) is 16.4 Å². The number of nitrogens with zero attached hydrogens (tertiary/aromatic N) is 3. The second-order valence-electron chi connectivity index (χ2n) is 9.74. The average Bonchev–Trinajstić information content (AvgIpc) is 3.34. The van der Waals surface area contributed by atoms with Crippen molar-refractivity contribution in [1.29, 1.82) is 0 Å². The van der Waals surface area contributed by atoms with Gasteiger partial charge >= 0.3 is 0 Å². The summed E-state index contributed by atoms with van der Waals surface area (Å²) < 4.78 is 9.12. The summed E-state index contributed by atoms with van der Waals surface area (Å²) in [5.41, 5.74) is 6.09. The number of hydrogen-bond donors (Lipinski definition) is 2. The summed E-state index contributed by atoms with van der Waals surface area (Å²) in [6, 6.07) is 21.3. The minimum Gasteiger partial charge on any atom is -0.489 e. The first kappa shape index (κ1) is 28.0. The Balaban J connectivity index is 1.59. The Hall–Kier alpha value is -3.56. The van der Waals surface area contributed by atoms with Crippen LogP contribution in [0.5, 0.6) is 5.75 Å². The molecule has 1 atom stereocenters. The van der Waals surface area contributed by atoms with E-state index >= 15 is 0 Å². The zero-order chi connectivity index (χ0) is 28.2. The first-order valence-electron chi connectivity index (χ1n) is 13.3. The van der Waals surface area contributed by atoms with E-state index in [-0.39, 0.29) is 5.91 Å². The predicted octanol–water partition coefficient (Wildman–Crippen LogP) is 7.67. The van der Waals surface area contributed by atoms with Gasteiger partial charge in [-0.15, -0.1) is 5.10 Å². The SMILES string of the molecule is CCCSc1nc2n(n1)C(c1cc(Br)ccc1OCc1ccccc1C)C(C(=O)Nc1ccccc1C)=C(C)N2. The molecule has 1 aliphatic heterocycles. The molecule has 1 amide bonds. The van der Waals surface area contributed by atoms with Crippen LogP contribution in [0.1, 0.15) is 48.6 Å². The second kappa shape index (κ2) is 12.3. The Kier molecular flexibility index (Phi) is 8.61. The number of amides is 1. The zero-order valence-corrected chi connectivity index (χ0v) is 25.4. The van der Waals surface area contributed by atoms with Crippen LogP contribution in [0.4, 0.5) is 11.6 Å². The summed E-state index contributed by atoms with van der Waals surface area (Å²) >= 11 is 5.25. The molecule has 4 aromatic rings. The van der Waals surface area contributed by atoms with Crippen LogP contribution < -0.4 is 15.4 Å². The van der Waals surface area contributed by atoms with Crippen LogP contribution in [0.25, 0.3) is 0 Å². The van der Waals surface area contributed by atoms with Gasteiger partial charge in [0.25, 0.3) is 5.91 Å². The van der Waals surface area contributed by atoms with Gasteiger partial charge in [0, 0.05) is 27.2 Å². The van der Waals surface area contributed by atoms with Crippen LogP contribution in [0, 0.1) is 13.8 Å². The number of hydrogen-bond acceptors (Lipinski definition) is 6. The van der Waals surface area contributed by atoms with Crippen LogP contribution >= 0.6 is 27.7 Å². The van der Waals surface area contributed by atoms with Crippen molar-refractivity contribution in [2.24, 2.45) is 0 Å². The molecule has 0 aliphatic carbocycles. The van der Waals surface area contributed by atoms with E-state index in [9.17, 15) is 4.79 Å². The van der Waals surface area contributed by atoms with E-state index in [0.29, 0.717) is 34.7 Å². The number of benzene rings is 3. The fraction of sp³-hybridized carbons (Fsp3) is 0.258. The van der Waals surface area contributed by atoms with Gasteiger partial charge in [-0.1, -0.05) is 77.1 Å². The van der Waals surface area contributed by atoms with Crippen molar-refractivity contribution in [2.75, 3.05) is 16.4 Å². The van der Waals surface area contributed by atoms with Crippen molar-refractivity contribution in [3.63, 3.8) is 0 Å². The number of allylic oxidation sites excluding steroid dienone is 1. The average molecular weight is 619 g/mol. The number of aromatic nitrogens is 3. The van der Waals surface area contributed by atoms with Crippen molar-refractivity contribution in [1.82, 2.24) is 14.8 Å². The predicted molar refractivity (Wildman–Crippen MR) is 165 cm³/mol. The van der Waals surface area contributed by atoms with E-state index in [0.717, 1.165) is 44.6 Å². The summed E-state index contributed by atoms with van der Waals surface area (Å²) in [4.78, 5) is 18.7. The molecule has 0 fully saturated rings. The summed E-state index contributed by atoms with van der Waals surface area (Å²) in [6.45, 7) is 8.49. The van der Waals surface area contributed by atoms with E-state index in [4.69, 9.17) is 14.8 Å². The van der Waals surface area contributed by atoms with Gasteiger partial charge in [0.15, 0.2) is 0 Å². The monoisotopic (exact) mass is 617 g/mol. The molecule has 40 heavy (non-hydrogen) atoms. The number of ether oxygens (including phenoxy) is 1. The molecule has 206 valence electrons. The Bertz CT molecular complexity index is 1580. The highest BCUT2D eigenvalue weighted by Crippen LogP contribution is 2.41. The third kappa shape index (κ3) is 5.95. The molecule has 0 saturated heterocycles. The van der Waals surface area contributed by atoms with Crippen molar-refractivity contribution in [3.8, 4) is 5.75 Å². The maximum atomic E-state index is 14.0. The molecule has 1 unspecified atom stereocenters. The van der Waals surface area contributed by atoms with Gasteiger partial charge in [0.2, 0.25) is 11.1 Å². The standard InChI is InChI=1S/C31H32BrN5O2S/c1-5-16-40-31-35-30-33-21(4)27(29(38)34-25-13-9-7-11-20(25)3)28(37(30)36-31)24-17-23(32)14-15-26(24)39-18-22-12-8-6-10-19(22)2/h6-15,17,28H,5,16,18H2,1-4H3,(H,34,38)(H,33,35,36). The van der Waals surface area contributed by atoms with Crippen molar-refractivity contribution < 1.29 is 9.53 Å². The lowest BCUT2D eigenvalue weighted by atomic mass is 9.94. The molecule has 0 radical (unpaired) electrons. The molecule has 1 aliphatic rings. The number of halogens is 1. The third-order valence-corrected chi connectivity index (χ3v) is 8.35. The molecule has 3 aromatic carbocycles. The van der Waals surface area contributed by atoms with Gasteiger partial charge in [0.1, 0.15) is 18.4 Å². The largest absolute Gasteiger partial charge is 0.489 e. The van der Waals surface area contributed by atoms with Crippen molar-refractivity contribution in [3.05, 3.63) is 105 Å². The number of anilines is 2. The Morgan fingerprint density at radius 1 is 1.07 bits per heavy atom. The first-order valence-corrected chi connectivity index (χ1v) is 15.0. The summed E-state index contributed by atoms with van der Waals surface area (Å²) in [7, 11) is 0. The van der Waals surface area contributed by atoms with E-state index in [1.807, 2.05) is 68.4 Å². The lowest BCUT2D eigenvalue weighted by Gasteiger charge is -2.30. The fourth-order valence-corrected chi connectivity index (χ4v) is 5.72. The molecular weight excluding hydrogens is 586 g/mol. The van der Waals surface area contributed by atoms with Crippen LogP contribution in [-0.2, 0) is 11.4 Å². The number of nitrogens with one attached hydrogen (secondary N) is 2. The molecule has 1 aromatic heterocycles. The molecule has 0 spiro atoms. The maximum absolute atomic E-state index is 14.0. The number of fused-ring (bicyclic) bond motifs is 1. The number of para-hydroxylation sites is 1. The lowest BCUT2D eigenvalue weighted by molar-refractivity contribution is -0.113. The van der Waals surface area contributed by atoms with Crippen molar-refractivity contribution in [2.45, 2.75) is 51.9 Å². The number of rotatable bonds is 9. The molecule has 0 saturated carbocycles. The molecule has 2 heterocycles. The Morgan fingerprint density at radius 3 is 2.58 bits per heavy atom. The highest BCUT2D eigenvalue weighted by molar-refractivity contribution is 9.10. The van der Waals surface area contributed by atoms with Crippen molar-refractivity contribution >= 4 is 45.2 Å². The number of thioether (sulfide) groups is 1. The number of carbonyl (C=O) groups is 1. The highest BCUT2D eigenvalue weighted by Gasteiger charge is 2.36. The molecule has 5 rings (SSSR count). The lowest BCUT2D eigenvalue weighted by Crippen LogP contribution is -2.32. The highest BCUT2D eigenvalue weighted by atomic mass is 79.9. The van der Waals surface area contributed by atoms with Crippen LogP contribution in [-0.4, -0.2) is 26.4 Å². The summed E-state index contributed by atoms with van der Waals surface area (Å²) in [5, 5.41) is 12.0. The minimum atomic E-state index is -0.562. The van der Waals surface area contributed by atoms with Gasteiger partial charge in [-0.2, -0.15) is 4.98 Å². The normalized spacial score (nSPS) is 14.5. The van der Waals surface area contributed by atoms with Crippen LogP contribution in [0.2, 0.25) is 0 Å². The van der Waals surface area contributed by atoms with E-state index in [2.05, 4.69) is 52.5 Å².